The van der Waals surface area contributed by atoms with Crippen molar-refractivity contribution >= 4 is 25.2 Å². The second-order valence-electron chi connectivity index (χ2n) is 8.13. The standard InChI is InChI=1S/C23H42N3OPS/c1-3-5-7-14-20-24-28(27,25-21-15-8-6-4-2)26(22-16-10-9-11-17-22)29-23-18-12-13-19-23/h9-11,16-17,23H,3-8,12-15,18-21H2,1-2H3,(H2,24,25,27). The molecule has 1 aliphatic rings. The maximum atomic E-state index is 14.2. The number of hydrogen-bond donors (Lipinski definition) is 2. The fraction of sp³-hybridized carbons (Fsp3) is 0.739. The maximum absolute atomic E-state index is 14.2. The van der Waals surface area contributed by atoms with E-state index < -0.39 is 7.59 Å². The molecule has 0 radical (unpaired) electrons. The van der Waals surface area contributed by atoms with Gasteiger partial charge in [0.05, 0.1) is 5.69 Å². The lowest BCUT2D eigenvalue weighted by molar-refractivity contribution is 0.544. The molecule has 1 fully saturated rings. The van der Waals surface area contributed by atoms with Crippen LogP contribution < -0.4 is 14.3 Å². The normalized spacial score (nSPS) is 15.1. The molecule has 0 atom stereocenters. The monoisotopic (exact) mass is 439 g/mol. The number of unbranched alkanes of at least 4 members (excludes halogenated alkanes) is 6. The van der Waals surface area contributed by atoms with E-state index in [4.69, 9.17) is 0 Å². The molecule has 0 amide bonds. The Morgan fingerprint density at radius 3 is 1.97 bits per heavy atom. The SMILES string of the molecule is CCCCCCNP(=O)(NCCCCCC)N(SC1CCCC1)c1ccccc1. The van der Waals surface area contributed by atoms with Gasteiger partial charge >= 0.3 is 7.59 Å². The Hall–Kier alpha value is -0.480. The highest BCUT2D eigenvalue weighted by Gasteiger charge is 2.33. The summed E-state index contributed by atoms with van der Waals surface area (Å²) in [5.41, 5.74) is 1.04. The van der Waals surface area contributed by atoms with Gasteiger partial charge in [-0.3, -0.25) is 4.57 Å². The number of nitrogens with one attached hydrogen (secondary N) is 2. The molecule has 0 unspecified atom stereocenters. The Morgan fingerprint density at radius 2 is 1.45 bits per heavy atom. The molecule has 1 aromatic rings. The largest absolute Gasteiger partial charge is 0.315 e. The minimum absolute atomic E-state index is 0.562. The van der Waals surface area contributed by atoms with E-state index in [-0.39, 0.29) is 0 Å². The van der Waals surface area contributed by atoms with Crippen molar-refractivity contribution < 1.29 is 4.57 Å². The van der Waals surface area contributed by atoms with E-state index >= 15 is 0 Å². The predicted octanol–water partition coefficient (Wildman–Crippen LogP) is 7.53. The van der Waals surface area contributed by atoms with Gasteiger partial charge in [0.15, 0.2) is 0 Å². The molecule has 0 aliphatic heterocycles. The van der Waals surface area contributed by atoms with Crippen molar-refractivity contribution in [3.05, 3.63) is 30.3 Å². The second kappa shape index (κ2) is 14.5. The zero-order valence-corrected chi connectivity index (χ0v) is 20.3. The molecule has 2 rings (SSSR count). The van der Waals surface area contributed by atoms with Crippen LogP contribution in [0.3, 0.4) is 0 Å². The van der Waals surface area contributed by atoms with Gasteiger partial charge in [-0.15, -0.1) is 0 Å². The molecule has 4 nitrogen and oxygen atoms in total. The number of rotatable bonds is 16. The zero-order chi connectivity index (χ0) is 20.8. The lowest BCUT2D eigenvalue weighted by Gasteiger charge is -2.35. The van der Waals surface area contributed by atoms with Crippen LogP contribution in [0.25, 0.3) is 0 Å². The van der Waals surface area contributed by atoms with Gasteiger partial charge in [0.2, 0.25) is 0 Å². The van der Waals surface area contributed by atoms with Gasteiger partial charge < -0.3 is 0 Å². The van der Waals surface area contributed by atoms with Gasteiger partial charge in [-0.05, 0) is 49.8 Å². The molecule has 0 heterocycles. The molecule has 6 heteroatoms. The summed E-state index contributed by atoms with van der Waals surface area (Å²) in [6.07, 6.45) is 14.5. The van der Waals surface area contributed by atoms with E-state index in [2.05, 4.69) is 40.2 Å². The molecule has 0 spiro atoms. The van der Waals surface area contributed by atoms with Crippen molar-refractivity contribution in [2.75, 3.05) is 17.2 Å². The summed E-state index contributed by atoms with van der Waals surface area (Å²) in [4.78, 5) is 0. The average molecular weight is 440 g/mol. The van der Waals surface area contributed by atoms with Crippen molar-refractivity contribution in [2.24, 2.45) is 0 Å². The van der Waals surface area contributed by atoms with Gasteiger partial charge in [-0.2, -0.15) is 0 Å². The van der Waals surface area contributed by atoms with Crippen LogP contribution in [0.5, 0.6) is 0 Å². The summed E-state index contributed by atoms with van der Waals surface area (Å²) >= 11 is 1.79. The Morgan fingerprint density at radius 1 is 0.897 bits per heavy atom. The Balaban J connectivity index is 2.10. The third kappa shape index (κ3) is 9.04. The van der Waals surface area contributed by atoms with Crippen LogP contribution in [0.15, 0.2) is 30.3 Å². The molecular formula is C23H42N3OPS. The first kappa shape index (κ1) is 24.8. The first-order valence-electron chi connectivity index (χ1n) is 11.8. The molecule has 2 N–H and O–H groups in total. The third-order valence-corrected chi connectivity index (χ3v) is 9.70. The van der Waals surface area contributed by atoms with Crippen LogP contribution in [0, 0.1) is 0 Å². The highest BCUT2D eigenvalue weighted by molar-refractivity contribution is 8.07. The Labute approximate surface area is 183 Å². The fourth-order valence-electron chi connectivity index (χ4n) is 3.73. The summed E-state index contributed by atoms with van der Waals surface area (Å²) < 4.78 is 16.3. The van der Waals surface area contributed by atoms with Crippen LogP contribution in [-0.4, -0.2) is 18.3 Å². The molecular weight excluding hydrogens is 397 g/mol. The van der Waals surface area contributed by atoms with Crippen LogP contribution in [0.4, 0.5) is 5.69 Å². The van der Waals surface area contributed by atoms with Crippen molar-refractivity contribution in [1.29, 1.82) is 0 Å². The Bertz CT molecular complexity index is 563. The zero-order valence-electron chi connectivity index (χ0n) is 18.6. The number of benzene rings is 1. The first-order valence-corrected chi connectivity index (χ1v) is 14.3. The molecule has 0 aromatic heterocycles. The van der Waals surface area contributed by atoms with Crippen LogP contribution in [0.1, 0.15) is 90.9 Å². The van der Waals surface area contributed by atoms with Gasteiger partial charge in [0, 0.05) is 18.3 Å². The molecule has 1 aromatic carbocycles. The van der Waals surface area contributed by atoms with E-state index in [0.717, 1.165) is 31.6 Å². The van der Waals surface area contributed by atoms with Gasteiger partial charge in [-0.1, -0.05) is 83.4 Å². The van der Waals surface area contributed by atoms with Crippen molar-refractivity contribution in [3.63, 3.8) is 0 Å². The van der Waals surface area contributed by atoms with Gasteiger partial charge in [0.1, 0.15) is 0 Å². The fourth-order valence-corrected chi connectivity index (χ4v) is 7.83. The van der Waals surface area contributed by atoms with Crippen molar-refractivity contribution in [1.82, 2.24) is 10.2 Å². The Kier molecular flexibility index (Phi) is 12.4. The third-order valence-electron chi connectivity index (χ3n) is 5.50. The number of hydrogen-bond acceptors (Lipinski definition) is 2. The number of para-hydroxylation sites is 1. The van der Waals surface area contributed by atoms with Crippen LogP contribution in [-0.2, 0) is 4.57 Å². The number of anilines is 1. The van der Waals surface area contributed by atoms with E-state index in [1.165, 1.54) is 64.2 Å². The van der Waals surface area contributed by atoms with Crippen LogP contribution in [0.2, 0.25) is 0 Å². The molecule has 29 heavy (non-hydrogen) atoms. The maximum Gasteiger partial charge on any atom is 0.315 e. The highest BCUT2D eigenvalue weighted by atomic mass is 32.2. The summed E-state index contributed by atoms with van der Waals surface area (Å²) in [7, 11) is -2.90. The minimum Gasteiger partial charge on any atom is -0.263 e. The second-order valence-corrected chi connectivity index (χ2v) is 11.8. The molecule has 1 saturated carbocycles. The smallest absolute Gasteiger partial charge is 0.263 e. The first-order chi connectivity index (χ1) is 14.2. The van der Waals surface area contributed by atoms with Crippen LogP contribution >= 0.6 is 19.5 Å². The van der Waals surface area contributed by atoms with Crippen molar-refractivity contribution in [2.45, 2.75) is 96.1 Å². The summed E-state index contributed by atoms with van der Waals surface area (Å²) in [6.45, 7) is 6.05. The average Bonchev–Trinajstić information content (AvgIpc) is 3.26. The predicted molar refractivity (Wildman–Crippen MR) is 131 cm³/mol. The van der Waals surface area contributed by atoms with E-state index in [1.807, 2.05) is 18.2 Å². The van der Waals surface area contributed by atoms with E-state index in [1.54, 1.807) is 11.9 Å². The lowest BCUT2D eigenvalue weighted by Crippen LogP contribution is -2.34. The summed E-state index contributed by atoms with van der Waals surface area (Å²) in [5, 5.41) is 7.50. The van der Waals surface area contributed by atoms with Crippen molar-refractivity contribution in [3.8, 4) is 0 Å². The summed E-state index contributed by atoms with van der Waals surface area (Å²) in [5.74, 6) is 0. The molecule has 166 valence electrons. The molecule has 0 saturated heterocycles. The van der Waals surface area contributed by atoms with Gasteiger partial charge in [0.25, 0.3) is 0 Å². The number of nitrogens with zero attached hydrogens (tertiary/aromatic N) is 1. The van der Waals surface area contributed by atoms with E-state index in [9.17, 15) is 4.57 Å². The minimum atomic E-state index is -2.90. The molecule has 0 bridgehead atoms. The highest BCUT2D eigenvalue weighted by Crippen LogP contribution is 2.52. The quantitative estimate of drug-likeness (QED) is 0.158. The van der Waals surface area contributed by atoms with E-state index in [0.29, 0.717) is 5.25 Å². The summed E-state index contributed by atoms with van der Waals surface area (Å²) in [6, 6.07) is 10.3. The van der Waals surface area contributed by atoms with Gasteiger partial charge in [-0.25, -0.2) is 14.3 Å². The lowest BCUT2D eigenvalue weighted by atomic mass is 10.2. The topological polar surface area (TPSA) is 44.4 Å². The molecule has 1 aliphatic carbocycles.